The summed E-state index contributed by atoms with van der Waals surface area (Å²) in [4.78, 5) is 25.4. The van der Waals surface area contributed by atoms with Gasteiger partial charge in [-0.3, -0.25) is 9.59 Å². The Balaban J connectivity index is 1.12. The van der Waals surface area contributed by atoms with E-state index in [1.165, 1.54) is 6.92 Å². The van der Waals surface area contributed by atoms with Crippen LogP contribution in [0.5, 0.6) is 0 Å². The van der Waals surface area contributed by atoms with Gasteiger partial charge in [0.15, 0.2) is 44.0 Å². The van der Waals surface area contributed by atoms with Crippen LogP contribution >= 0.6 is 0 Å². The molecule has 0 saturated carbocycles. The fraction of sp³-hybridized carbons (Fsp3) is 0.957. The van der Waals surface area contributed by atoms with E-state index >= 15 is 0 Å². The Morgan fingerprint density at radius 1 is 0.313 bits per heavy atom. The number of aliphatic hydroxyl groups is 20. The first-order valence-corrected chi connectivity index (χ1v) is 26.5. The van der Waals surface area contributed by atoms with Gasteiger partial charge in [-0.15, -0.1) is 0 Å². The van der Waals surface area contributed by atoms with Crippen LogP contribution in [0.3, 0.4) is 0 Å². The lowest BCUT2D eigenvalue weighted by molar-refractivity contribution is -0.396. The second-order valence-corrected chi connectivity index (χ2v) is 21.0. The number of hydrogen-bond donors (Lipinski definition) is 22. The fourth-order valence-corrected chi connectivity index (χ4v) is 10.7. The molecule has 7 fully saturated rings. The Hall–Kier alpha value is -2.38. The number of carbonyl (C=O) groups excluding carboxylic acids is 2. The summed E-state index contributed by atoms with van der Waals surface area (Å²) < 4.78 is 75.0. The predicted octanol–water partition coefficient (Wildman–Crippen LogP) is -15.0. The van der Waals surface area contributed by atoms with E-state index in [0.29, 0.717) is 0 Å². The highest BCUT2D eigenvalue weighted by molar-refractivity contribution is 5.73. The number of amides is 2. The van der Waals surface area contributed by atoms with Gasteiger partial charge in [0, 0.05) is 13.8 Å². The molecule has 0 aromatic heterocycles. The number of nitrogens with one attached hydrogen (secondary N) is 2. The third-order valence-electron chi connectivity index (χ3n) is 15.3. The van der Waals surface area contributed by atoms with Crippen molar-refractivity contribution in [2.45, 2.75) is 236 Å². The molecule has 7 aliphatic heterocycles. The summed E-state index contributed by atoms with van der Waals surface area (Å²) in [5, 5.41) is 220. The Morgan fingerprint density at radius 2 is 0.663 bits per heavy atom. The minimum Gasteiger partial charge on any atom is -0.394 e. The molecule has 22 N–H and O–H groups in total. The molecular weight excluding hydrogens is 1140 g/mol. The summed E-state index contributed by atoms with van der Waals surface area (Å²) in [6, 6.07) is -3.56. The molecule has 7 rings (SSSR count). The lowest BCUT2D eigenvalue weighted by Crippen LogP contribution is -2.70. The van der Waals surface area contributed by atoms with Crippen LogP contribution in [0.1, 0.15) is 20.8 Å². The number of aliphatic hydroxyl groups excluding tert-OH is 20. The van der Waals surface area contributed by atoms with Crippen LogP contribution in [-0.4, -0.2) is 368 Å². The minimum absolute atomic E-state index is 0.837. The Labute approximate surface area is 470 Å². The second-order valence-electron chi connectivity index (χ2n) is 21.0. The quantitative estimate of drug-likeness (QED) is 0.0538. The standard InChI is InChI=1S/C46H78N2O35/c1-10-21(57)37(81-42-20(48-12(3)56)36(24(60)15(6-51)73-42)80-43-31(67)27(63)22(58)13(4-49)74-43)32(68)44(71-10)83-39-28(64)23(59)14(5-50)76-46(39)79-34-18(9-54)77-41(19(26(34)62)47-11(2)55)82-38-25(61)16(7-52)75-45(33(38)69)78-35-17(8-53)72-40(70)30(66)29(35)65/h10,13-46,49-54,57-70H,4-9H2,1-3H3,(H,47,55)(H,48,56)/t10-,13+,14+,15+,16+,17+,18+,19+,20+,21+,22-,23-,24-,25-,26+,27-,28-,29+,30+,31+,32-,33+,34-,35+,36+,37+,38-,39+,40+,41-,42+,43-,44?,45-,46-/m0/s1. The van der Waals surface area contributed by atoms with Crippen LogP contribution in [0.2, 0.25) is 0 Å². The van der Waals surface area contributed by atoms with Crippen molar-refractivity contribution in [1.82, 2.24) is 10.6 Å². The summed E-state index contributed by atoms with van der Waals surface area (Å²) in [5.41, 5.74) is 0. The van der Waals surface area contributed by atoms with Crippen LogP contribution in [0, 0.1) is 0 Å². The molecule has 482 valence electrons. The highest BCUT2D eigenvalue weighted by Gasteiger charge is 2.59. The van der Waals surface area contributed by atoms with Gasteiger partial charge >= 0.3 is 0 Å². The molecule has 0 radical (unpaired) electrons. The van der Waals surface area contributed by atoms with Crippen molar-refractivity contribution in [2.24, 2.45) is 0 Å². The molecule has 83 heavy (non-hydrogen) atoms. The molecule has 37 nitrogen and oxygen atoms in total. The van der Waals surface area contributed by atoms with E-state index in [1.54, 1.807) is 0 Å². The normalized spacial score (nSPS) is 50.8. The van der Waals surface area contributed by atoms with Gasteiger partial charge in [0.1, 0.15) is 165 Å². The van der Waals surface area contributed by atoms with E-state index in [4.69, 9.17) is 61.6 Å². The molecule has 0 aromatic rings. The smallest absolute Gasteiger partial charge is 0.217 e. The van der Waals surface area contributed by atoms with Crippen molar-refractivity contribution in [1.29, 1.82) is 0 Å². The van der Waals surface area contributed by atoms with Crippen LogP contribution < -0.4 is 10.6 Å². The molecule has 0 aliphatic carbocycles. The van der Waals surface area contributed by atoms with Crippen molar-refractivity contribution in [3.8, 4) is 0 Å². The van der Waals surface area contributed by atoms with Gasteiger partial charge < -0.3 is 174 Å². The third-order valence-corrected chi connectivity index (χ3v) is 15.3. The lowest BCUT2D eigenvalue weighted by atomic mass is 9.94. The van der Waals surface area contributed by atoms with E-state index in [2.05, 4.69) is 10.6 Å². The van der Waals surface area contributed by atoms with Gasteiger partial charge in [0.2, 0.25) is 11.8 Å². The molecule has 0 spiro atoms. The van der Waals surface area contributed by atoms with Crippen molar-refractivity contribution in [2.75, 3.05) is 39.6 Å². The lowest BCUT2D eigenvalue weighted by Gasteiger charge is -2.51. The Bertz CT molecular complexity index is 2040. The van der Waals surface area contributed by atoms with Gasteiger partial charge in [-0.2, -0.15) is 0 Å². The van der Waals surface area contributed by atoms with Gasteiger partial charge in [-0.1, -0.05) is 0 Å². The zero-order valence-corrected chi connectivity index (χ0v) is 44.5. The molecular formula is C46H78N2O35. The Kier molecular flexibility index (Phi) is 24.0. The molecule has 2 amide bonds. The zero-order valence-electron chi connectivity index (χ0n) is 44.5. The fourth-order valence-electron chi connectivity index (χ4n) is 10.7. The van der Waals surface area contributed by atoms with Crippen LogP contribution in [0.4, 0.5) is 0 Å². The van der Waals surface area contributed by atoms with Crippen LogP contribution in [0.25, 0.3) is 0 Å². The van der Waals surface area contributed by atoms with Crippen molar-refractivity contribution >= 4 is 11.8 Å². The van der Waals surface area contributed by atoms with Crippen molar-refractivity contribution < 1.29 is 173 Å². The van der Waals surface area contributed by atoms with Crippen molar-refractivity contribution in [3.63, 3.8) is 0 Å². The molecule has 7 aliphatic rings. The second kappa shape index (κ2) is 29.3. The van der Waals surface area contributed by atoms with E-state index in [1.807, 2.05) is 0 Å². The molecule has 7 saturated heterocycles. The molecule has 35 atom stereocenters. The number of hydrogen-bond acceptors (Lipinski definition) is 35. The van der Waals surface area contributed by atoms with Crippen LogP contribution in [-0.2, 0) is 71.2 Å². The average molecular weight is 1220 g/mol. The molecule has 1 unspecified atom stereocenters. The average Bonchev–Trinajstić information content (AvgIpc) is 3.52. The van der Waals surface area contributed by atoms with Gasteiger partial charge in [0.05, 0.1) is 45.7 Å². The predicted molar refractivity (Wildman–Crippen MR) is 254 cm³/mol. The monoisotopic (exact) mass is 1220 g/mol. The largest absolute Gasteiger partial charge is 0.394 e. The highest BCUT2D eigenvalue weighted by atomic mass is 16.8. The van der Waals surface area contributed by atoms with Crippen molar-refractivity contribution in [3.05, 3.63) is 0 Å². The maximum atomic E-state index is 12.7. The Morgan fingerprint density at radius 3 is 1.20 bits per heavy atom. The maximum absolute atomic E-state index is 12.7. The topological polar surface area (TPSA) is 583 Å². The van der Waals surface area contributed by atoms with E-state index < -0.39 is 266 Å². The van der Waals surface area contributed by atoms with E-state index in [-0.39, 0.29) is 0 Å². The first kappa shape index (κ1) is 68.1. The SMILES string of the molecule is CC(=O)N[C@H]1[C@H](O[C@H]2[C@@H](O)[C@@H](CO)O[C@@H](O[C@H]3[C@H](O)[C@@H](O)[C@H](O)O[C@@H]3CO)[C@@H]2O)O[C@H](CO)[C@H](O[C@@H]2O[C@H](CO)[C@H](O)[C@H](O)[C@H]2OC2O[C@@H](C)[C@@H](O)[C@@H](O[C@H]3O[C@H](CO)[C@H](O)[C@H](O[C@@H]4O[C@H](CO)[C@H](O)[C@H](O)[C@H]4O)[C@H]3NC(C)=O)[C@@H]2O)[C@@H]1O. The van der Waals surface area contributed by atoms with E-state index in [9.17, 15) is 112 Å². The first-order valence-electron chi connectivity index (χ1n) is 26.5. The summed E-state index contributed by atoms with van der Waals surface area (Å²) >= 11 is 0. The summed E-state index contributed by atoms with van der Waals surface area (Å²) in [5.74, 6) is -1.72. The third kappa shape index (κ3) is 14.5. The van der Waals surface area contributed by atoms with Gasteiger partial charge in [0.25, 0.3) is 0 Å². The van der Waals surface area contributed by atoms with Gasteiger partial charge in [-0.25, -0.2) is 0 Å². The summed E-state index contributed by atoms with van der Waals surface area (Å²) in [7, 11) is 0. The van der Waals surface area contributed by atoms with Gasteiger partial charge in [-0.05, 0) is 6.92 Å². The molecule has 0 bridgehead atoms. The first-order chi connectivity index (χ1) is 39.2. The number of rotatable bonds is 20. The van der Waals surface area contributed by atoms with Crippen LogP contribution in [0.15, 0.2) is 0 Å². The number of carbonyl (C=O) groups is 2. The zero-order chi connectivity index (χ0) is 61.2. The highest BCUT2D eigenvalue weighted by Crippen LogP contribution is 2.38. The summed E-state index contributed by atoms with van der Waals surface area (Å²) in [6.07, 6.45) is -63.4. The molecule has 0 aromatic carbocycles. The minimum atomic E-state index is -2.23. The molecule has 7 heterocycles. The van der Waals surface area contributed by atoms with E-state index in [0.717, 1.165) is 13.8 Å². The summed E-state index contributed by atoms with van der Waals surface area (Å²) in [6.45, 7) is -2.66. The molecule has 37 heteroatoms. The maximum Gasteiger partial charge on any atom is 0.217 e. The number of ether oxygens (including phenoxy) is 13.